The normalized spacial score (nSPS) is 15.2. The van der Waals surface area contributed by atoms with E-state index in [-0.39, 0.29) is 23.7 Å². The largest absolute Gasteiger partial charge is 0.399 e. The second-order valence-electron chi connectivity index (χ2n) is 6.07. The Bertz CT molecular complexity index is 613. The number of anilines is 1. The van der Waals surface area contributed by atoms with E-state index in [4.69, 9.17) is 5.73 Å². The molecule has 0 aliphatic heterocycles. The topological polar surface area (TPSA) is 92.4 Å². The third-order valence-electron chi connectivity index (χ3n) is 3.02. The fourth-order valence-corrected chi connectivity index (χ4v) is 3.58. The number of hydrogen-bond donors (Lipinski definition) is 3. The van der Waals surface area contributed by atoms with Crippen molar-refractivity contribution in [1.29, 1.82) is 0 Å². The molecule has 7 heteroatoms. The summed E-state index contributed by atoms with van der Waals surface area (Å²) in [5.41, 5.74) is 4.69. The van der Waals surface area contributed by atoms with Gasteiger partial charge in [-0.2, -0.15) is 0 Å². The number of sulfonamides is 1. The summed E-state index contributed by atoms with van der Waals surface area (Å²) < 4.78 is 40.6. The number of halogens is 1. The molecule has 1 atom stereocenters. The highest BCUT2D eigenvalue weighted by molar-refractivity contribution is 7.89. The first kappa shape index (κ1) is 17.9. The maximum Gasteiger partial charge on any atom is 0.243 e. The minimum atomic E-state index is -4.07. The lowest BCUT2D eigenvalue weighted by atomic mass is 9.95. The number of benzene rings is 1. The SMILES string of the molecule is Cc1cc(N)cc(S(=O)(=O)NCC(C)(O)CC(C)C)c1F. The fraction of sp³-hybridized carbons (Fsp3) is 0.571. The van der Waals surface area contributed by atoms with Crippen LogP contribution in [-0.4, -0.2) is 25.7 Å². The van der Waals surface area contributed by atoms with Crippen molar-refractivity contribution >= 4 is 15.7 Å². The maximum absolute atomic E-state index is 14.0. The number of rotatable bonds is 6. The molecule has 21 heavy (non-hydrogen) atoms. The molecule has 0 amide bonds. The van der Waals surface area contributed by atoms with Gasteiger partial charge in [0, 0.05) is 12.2 Å². The summed E-state index contributed by atoms with van der Waals surface area (Å²) in [6.45, 7) is 6.63. The summed E-state index contributed by atoms with van der Waals surface area (Å²) in [5.74, 6) is -0.629. The van der Waals surface area contributed by atoms with Crippen molar-refractivity contribution in [2.24, 2.45) is 5.92 Å². The smallest absolute Gasteiger partial charge is 0.243 e. The first-order valence-electron chi connectivity index (χ1n) is 6.72. The Labute approximate surface area is 125 Å². The van der Waals surface area contributed by atoms with E-state index >= 15 is 0 Å². The molecule has 0 aliphatic rings. The van der Waals surface area contributed by atoms with Gasteiger partial charge in [0.2, 0.25) is 10.0 Å². The number of nitrogens with one attached hydrogen (secondary N) is 1. The van der Waals surface area contributed by atoms with E-state index in [2.05, 4.69) is 4.72 Å². The number of nitrogen functional groups attached to an aromatic ring is 1. The maximum atomic E-state index is 14.0. The second-order valence-corrected chi connectivity index (χ2v) is 7.80. The number of aliphatic hydroxyl groups is 1. The average molecular weight is 318 g/mol. The van der Waals surface area contributed by atoms with Crippen LogP contribution in [-0.2, 0) is 10.0 Å². The molecule has 5 nitrogen and oxygen atoms in total. The highest BCUT2D eigenvalue weighted by atomic mass is 32.2. The molecular weight excluding hydrogens is 295 g/mol. The summed E-state index contributed by atoms with van der Waals surface area (Å²) in [5, 5.41) is 10.1. The molecule has 0 spiro atoms. The van der Waals surface area contributed by atoms with Gasteiger partial charge in [0.05, 0.1) is 5.60 Å². The average Bonchev–Trinajstić information content (AvgIpc) is 2.30. The van der Waals surface area contributed by atoms with Gasteiger partial charge < -0.3 is 10.8 Å². The van der Waals surface area contributed by atoms with Crippen LogP contribution in [0.2, 0.25) is 0 Å². The van der Waals surface area contributed by atoms with Crippen LogP contribution < -0.4 is 10.5 Å². The van der Waals surface area contributed by atoms with Gasteiger partial charge in [0.25, 0.3) is 0 Å². The first-order chi connectivity index (χ1) is 9.44. The molecule has 1 unspecified atom stereocenters. The quantitative estimate of drug-likeness (QED) is 0.697. The first-order valence-corrected chi connectivity index (χ1v) is 8.20. The van der Waals surface area contributed by atoms with Crippen molar-refractivity contribution in [1.82, 2.24) is 4.72 Å². The molecule has 1 aromatic carbocycles. The lowest BCUT2D eigenvalue weighted by molar-refractivity contribution is 0.0436. The molecule has 0 heterocycles. The van der Waals surface area contributed by atoms with Crippen molar-refractivity contribution < 1.29 is 17.9 Å². The van der Waals surface area contributed by atoms with Gasteiger partial charge in [-0.15, -0.1) is 0 Å². The molecule has 0 saturated carbocycles. The molecule has 0 bridgehead atoms. The van der Waals surface area contributed by atoms with Crippen LogP contribution in [0, 0.1) is 18.7 Å². The lowest BCUT2D eigenvalue weighted by Gasteiger charge is -2.25. The zero-order chi connectivity index (χ0) is 16.4. The third kappa shape index (κ3) is 4.94. The highest BCUT2D eigenvalue weighted by Crippen LogP contribution is 2.22. The van der Waals surface area contributed by atoms with Crippen LogP contribution in [0.1, 0.15) is 32.8 Å². The zero-order valence-corrected chi connectivity index (χ0v) is 13.6. The molecule has 1 aromatic rings. The molecular formula is C14H23FN2O3S. The van der Waals surface area contributed by atoms with Crippen molar-refractivity contribution in [2.75, 3.05) is 12.3 Å². The van der Waals surface area contributed by atoms with Crippen molar-refractivity contribution in [3.63, 3.8) is 0 Å². The van der Waals surface area contributed by atoms with E-state index in [9.17, 15) is 17.9 Å². The van der Waals surface area contributed by atoms with Crippen LogP contribution in [0.4, 0.5) is 10.1 Å². The Morgan fingerprint density at radius 3 is 2.52 bits per heavy atom. The predicted molar refractivity (Wildman–Crippen MR) is 80.8 cm³/mol. The second kappa shape index (κ2) is 6.29. The summed E-state index contributed by atoms with van der Waals surface area (Å²) in [7, 11) is -4.07. The molecule has 0 aliphatic carbocycles. The van der Waals surface area contributed by atoms with Gasteiger partial charge in [-0.3, -0.25) is 0 Å². The molecule has 0 radical (unpaired) electrons. The Morgan fingerprint density at radius 2 is 2.00 bits per heavy atom. The van der Waals surface area contributed by atoms with E-state index in [0.29, 0.717) is 6.42 Å². The van der Waals surface area contributed by atoms with Gasteiger partial charge in [-0.1, -0.05) is 13.8 Å². The molecule has 1 rings (SSSR count). The highest BCUT2D eigenvalue weighted by Gasteiger charge is 2.27. The van der Waals surface area contributed by atoms with Gasteiger partial charge in [-0.05, 0) is 43.9 Å². The van der Waals surface area contributed by atoms with Gasteiger partial charge >= 0.3 is 0 Å². The fourth-order valence-electron chi connectivity index (χ4n) is 2.24. The van der Waals surface area contributed by atoms with E-state index in [1.165, 1.54) is 19.9 Å². The van der Waals surface area contributed by atoms with E-state index in [1.807, 2.05) is 13.8 Å². The van der Waals surface area contributed by atoms with E-state index in [0.717, 1.165) is 6.07 Å². The van der Waals surface area contributed by atoms with Gasteiger partial charge in [0.15, 0.2) is 0 Å². The molecule has 4 N–H and O–H groups in total. The van der Waals surface area contributed by atoms with E-state index < -0.39 is 26.3 Å². The Kier molecular flexibility index (Phi) is 5.35. The zero-order valence-electron chi connectivity index (χ0n) is 12.8. The number of aryl methyl sites for hydroxylation is 1. The van der Waals surface area contributed by atoms with Gasteiger partial charge in [0.1, 0.15) is 10.7 Å². The summed E-state index contributed by atoms with van der Waals surface area (Å²) in [6.07, 6.45) is 0.425. The molecule has 0 fully saturated rings. The standard InChI is InChI=1S/C14H23FN2O3S/c1-9(2)7-14(4,18)8-17-21(19,20)12-6-11(16)5-10(3)13(12)15/h5-6,9,17-18H,7-8,16H2,1-4H3. The minimum Gasteiger partial charge on any atom is -0.399 e. The van der Waals surface area contributed by atoms with Gasteiger partial charge in [-0.25, -0.2) is 17.5 Å². The third-order valence-corrected chi connectivity index (χ3v) is 4.42. The number of hydrogen-bond acceptors (Lipinski definition) is 4. The minimum absolute atomic E-state index is 0.157. The van der Waals surface area contributed by atoms with Crippen LogP contribution in [0.25, 0.3) is 0 Å². The predicted octanol–water partition coefficient (Wildman–Crippen LogP) is 1.79. The van der Waals surface area contributed by atoms with E-state index in [1.54, 1.807) is 0 Å². The van der Waals surface area contributed by atoms with Crippen molar-refractivity contribution in [3.05, 3.63) is 23.5 Å². The van der Waals surface area contributed by atoms with Crippen LogP contribution >= 0.6 is 0 Å². The van der Waals surface area contributed by atoms with Crippen LogP contribution in [0.3, 0.4) is 0 Å². The number of nitrogens with two attached hydrogens (primary N) is 1. The monoisotopic (exact) mass is 318 g/mol. The Morgan fingerprint density at radius 1 is 1.43 bits per heavy atom. The van der Waals surface area contributed by atoms with Crippen molar-refractivity contribution in [2.45, 2.75) is 44.6 Å². The Hall–Kier alpha value is -1.18. The molecule has 120 valence electrons. The van der Waals surface area contributed by atoms with Crippen molar-refractivity contribution in [3.8, 4) is 0 Å². The summed E-state index contributed by atoms with van der Waals surface area (Å²) in [6, 6.07) is 2.44. The summed E-state index contributed by atoms with van der Waals surface area (Å²) >= 11 is 0. The molecule has 0 aromatic heterocycles. The molecule has 0 saturated heterocycles. The van der Waals surface area contributed by atoms with Crippen LogP contribution in [0.15, 0.2) is 17.0 Å². The summed E-state index contributed by atoms with van der Waals surface area (Å²) in [4.78, 5) is -0.500. The Balaban J connectivity index is 2.98. The van der Waals surface area contributed by atoms with Crippen LogP contribution in [0.5, 0.6) is 0 Å². The lowest BCUT2D eigenvalue weighted by Crippen LogP contribution is -2.41.